The number of carbonyl (C=O) groups is 3. The van der Waals surface area contributed by atoms with Gasteiger partial charge < -0.3 is 25.2 Å². The number of imide groups is 1. The van der Waals surface area contributed by atoms with Gasteiger partial charge in [0.15, 0.2) is 12.4 Å². The summed E-state index contributed by atoms with van der Waals surface area (Å²) in [6.07, 6.45) is 5.18. The van der Waals surface area contributed by atoms with Gasteiger partial charge in [0.25, 0.3) is 5.91 Å². The van der Waals surface area contributed by atoms with E-state index in [1.54, 1.807) is 22.9 Å². The molecule has 4 heterocycles. The lowest BCUT2D eigenvalue weighted by Gasteiger charge is -2.32. The van der Waals surface area contributed by atoms with Crippen molar-refractivity contribution in [2.45, 2.75) is 31.7 Å². The Kier molecular flexibility index (Phi) is 8.28. The summed E-state index contributed by atoms with van der Waals surface area (Å²) in [6.45, 7) is 3.79. The zero-order valence-corrected chi connectivity index (χ0v) is 24.4. The highest BCUT2D eigenvalue weighted by atomic mass is 35.5. The third kappa shape index (κ3) is 6.79. The van der Waals surface area contributed by atoms with Crippen LogP contribution in [0.2, 0.25) is 5.02 Å². The molecule has 12 nitrogen and oxygen atoms in total. The molecule has 2 saturated heterocycles. The van der Waals surface area contributed by atoms with E-state index in [2.05, 4.69) is 37.6 Å². The number of anilines is 3. The van der Waals surface area contributed by atoms with Gasteiger partial charge in [-0.3, -0.25) is 14.4 Å². The Morgan fingerprint density at radius 1 is 1.19 bits per heavy atom. The zero-order chi connectivity index (χ0) is 30.1. The van der Waals surface area contributed by atoms with Crippen LogP contribution in [-0.4, -0.2) is 99.6 Å². The number of halogens is 2. The molecule has 226 valence electrons. The summed E-state index contributed by atoms with van der Waals surface area (Å²) in [5.41, 5.74) is 1.28. The first-order valence-corrected chi connectivity index (χ1v) is 14.6. The quantitative estimate of drug-likeness (QED) is 0.201. The maximum absolute atomic E-state index is 14.4. The Bertz CT molecular complexity index is 1600. The summed E-state index contributed by atoms with van der Waals surface area (Å²) in [4.78, 5) is 48.1. The molecule has 2 amide bonds. The van der Waals surface area contributed by atoms with Crippen molar-refractivity contribution in [1.29, 1.82) is 0 Å². The van der Waals surface area contributed by atoms with E-state index in [4.69, 9.17) is 16.3 Å². The van der Waals surface area contributed by atoms with Gasteiger partial charge in [-0.25, -0.2) is 14.3 Å². The number of likely N-dealkylation sites (tertiary alicyclic amines) is 1. The zero-order valence-electron chi connectivity index (χ0n) is 23.7. The standard InChI is InChI=1S/C29H32ClFN8O4/c1-36-8-10-37(11-9-36)7-6-27(41)43-17-38-26(40)13-18(29(38)42)12-19-16-32-39-25(33-21-3-4-21)15-24(35-28(19)39)34-23-14-20(30)2-5-22(23)31/h2,5,12,14-16,21,33H,3-4,6-11,13,17H2,1H3,(H,34,35). The maximum atomic E-state index is 14.4. The van der Waals surface area contributed by atoms with Crippen molar-refractivity contribution in [3.8, 4) is 0 Å². The van der Waals surface area contributed by atoms with Crippen LogP contribution >= 0.6 is 11.6 Å². The highest BCUT2D eigenvalue weighted by Crippen LogP contribution is 2.30. The molecule has 43 heavy (non-hydrogen) atoms. The van der Waals surface area contributed by atoms with Crippen LogP contribution < -0.4 is 10.6 Å². The highest BCUT2D eigenvalue weighted by Gasteiger charge is 2.35. The lowest BCUT2D eigenvalue weighted by Crippen LogP contribution is -2.45. The first-order valence-electron chi connectivity index (χ1n) is 14.2. The Hall–Kier alpha value is -4.07. The van der Waals surface area contributed by atoms with Crippen LogP contribution in [0.3, 0.4) is 0 Å². The van der Waals surface area contributed by atoms with Gasteiger partial charge in [0.2, 0.25) is 5.91 Å². The maximum Gasteiger partial charge on any atom is 0.308 e. The van der Waals surface area contributed by atoms with Gasteiger partial charge in [-0.15, -0.1) is 0 Å². The smallest absolute Gasteiger partial charge is 0.308 e. The average molecular weight is 611 g/mol. The summed E-state index contributed by atoms with van der Waals surface area (Å²) in [5.74, 6) is -0.966. The van der Waals surface area contributed by atoms with E-state index in [0.29, 0.717) is 40.5 Å². The lowest BCUT2D eigenvalue weighted by molar-refractivity contribution is -0.155. The Balaban J connectivity index is 1.16. The molecule has 0 atom stereocenters. The lowest BCUT2D eigenvalue weighted by atomic mass is 10.1. The van der Waals surface area contributed by atoms with Gasteiger partial charge in [-0.1, -0.05) is 11.6 Å². The fourth-order valence-corrected chi connectivity index (χ4v) is 5.17. The number of hydrogen-bond acceptors (Lipinski definition) is 10. The van der Waals surface area contributed by atoms with E-state index in [-0.39, 0.29) is 24.1 Å². The molecule has 3 fully saturated rings. The SMILES string of the molecule is CN1CCN(CCC(=O)OCN2C(=O)CC(=Cc3cnn4c(NC5CC5)cc(Nc5cc(Cl)ccc5F)nc34)C2=O)CC1. The minimum atomic E-state index is -0.539. The van der Waals surface area contributed by atoms with Crippen molar-refractivity contribution in [3.63, 3.8) is 0 Å². The van der Waals surface area contributed by atoms with E-state index in [1.165, 1.54) is 18.2 Å². The molecule has 1 saturated carbocycles. The molecular formula is C29H32ClFN8O4. The van der Waals surface area contributed by atoms with Crippen LogP contribution in [0.4, 0.5) is 21.7 Å². The molecule has 0 spiro atoms. The highest BCUT2D eigenvalue weighted by molar-refractivity contribution is 6.30. The number of rotatable bonds is 10. The van der Waals surface area contributed by atoms with Crippen LogP contribution in [-0.2, 0) is 19.1 Å². The molecule has 2 aromatic heterocycles. The first kappa shape index (κ1) is 29.0. The predicted octanol–water partition coefficient (Wildman–Crippen LogP) is 3.12. The minimum absolute atomic E-state index is 0.145. The monoisotopic (exact) mass is 610 g/mol. The second-order valence-electron chi connectivity index (χ2n) is 11.0. The Morgan fingerprint density at radius 2 is 1.98 bits per heavy atom. The van der Waals surface area contributed by atoms with E-state index in [0.717, 1.165) is 43.9 Å². The third-order valence-electron chi connectivity index (χ3n) is 7.69. The molecule has 14 heteroatoms. The second-order valence-corrected chi connectivity index (χ2v) is 11.5. The van der Waals surface area contributed by atoms with E-state index in [9.17, 15) is 18.8 Å². The third-order valence-corrected chi connectivity index (χ3v) is 7.93. The number of piperazine rings is 1. The Labute approximate surface area is 252 Å². The van der Waals surface area contributed by atoms with Gasteiger partial charge in [0, 0.05) is 61.0 Å². The number of ether oxygens (including phenoxy) is 1. The van der Waals surface area contributed by atoms with Crippen molar-refractivity contribution in [2.75, 3.05) is 57.1 Å². The largest absolute Gasteiger partial charge is 0.444 e. The average Bonchev–Trinajstić information content (AvgIpc) is 3.65. The molecule has 2 aliphatic heterocycles. The van der Waals surface area contributed by atoms with E-state index < -0.39 is 30.3 Å². The van der Waals surface area contributed by atoms with E-state index >= 15 is 0 Å². The van der Waals surface area contributed by atoms with Gasteiger partial charge >= 0.3 is 5.97 Å². The van der Waals surface area contributed by atoms with Crippen molar-refractivity contribution >= 4 is 58.4 Å². The summed E-state index contributed by atoms with van der Waals surface area (Å²) in [7, 11) is 2.06. The van der Waals surface area contributed by atoms with Crippen LogP contribution in [0, 0.1) is 5.82 Å². The molecule has 3 aromatic rings. The molecule has 1 aromatic carbocycles. The number of nitrogens with one attached hydrogen (secondary N) is 2. The van der Waals surface area contributed by atoms with Gasteiger partial charge in [-0.2, -0.15) is 9.61 Å². The number of esters is 1. The van der Waals surface area contributed by atoms with Gasteiger partial charge in [0.1, 0.15) is 17.5 Å². The number of nitrogens with zero attached hydrogens (tertiary/aromatic N) is 6. The fourth-order valence-electron chi connectivity index (χ4n) is 5.00. The van der Waals surface area contributed by atoms with Crippen molar-refractivity contribution < 1.29 is 23.5 Å². The van der Waals surface area contributed by atoms with Gasteiger partial charge in [-0.05, 0) is 44.2 Å². The van der Waals surface area contributed by atoms with Crippen LogP contribution in [0.5, 0.6) is 0 Å². The molecule has 0 radical (unpaired) electrons. The number of likely N-dealkylation sites (N-methyl/N-ethyl adjacent to an activating group) is 1. The number of fused-ring (bicyclic) bond motifs is 1. The fraction of sp³-hybridized carbons (Fsp3) is 0.414. The van der Waals surface area contributed by atoms with E-state index in [1.807, 2.05) is 0 Å². The summed E-state index contributed by atoms with van der Waals surface area (Å²) < 4.78 is 21.3. The predicted molar refractivity (Wildman–Crippen MR) is 158 cm³/mol. The molecule has 1 aliphatic carbocycles. The number of carbonyl (C=O) groups excluding carboxylic acids is 3. The van der Waals surface area contributed by atoms with Crippen molar-refractivity contribution in [3.05, 3.63) is 52.4 Å². The number of hydrogen-bond donors (Lipinski definition) is 2. The molecular weight excluding hydrogens is 579 g/mol. The number of amides is 2. The topological polar surface area (TPSA) is 124 Å². The van der Waals surface area contributed by atoms with Crippen molar-refractivity contribution in [2.24, 2.45) is 0 Å². The number of aromatic nitrogens is 3. The number of benzene rings is 1. The molecule has 0 bridgehead atoms. The molecule has 2 N–H and O–H groups in total. The van der Waals surface area contributed by atoms with Crippen LogP contribution in [0.1, 0.15) is 31.2 Å². The molecule has 6 rings (SSSR count). The Morgan fingerprint density at radius 3 is 2.74 bits per heavy atom. The first-order chi connectivity index (χ1) is 20.7. The summed E-state index contributed by atoms with van der Waals surface area (Å²) in [6, 6.07) is 6.20. The normalized spacial score (nSPS) is 19.0. The van der Waals surface area contributed by atoms with Crippen LogP contribution in [0.25, 0.3) is 11.7 Å². The van der Waals surface area contributed by atoms with Crippen molar-refractivity contribution in [1.82, 2.24) is 29.3 Å². The van der Waals surface area contributed by atoms with Crippen LogP contribution in [0.15, 0.2) is 36.0 Å². The summed E-state index contributed by atoms with van der Waals surface area (Å²) in [5, 5.41) is 11.2. The molecule has 0 unspecified atom stereocenters. The second kappa shape index (κ2) is 12.3. The minimum Gasteiger partial charge on any atom is -0.444 e. The summed E-state index contributed by atoms with van der Waals surface area (Å²) >= 11 is 6.06. The van der Waals surface area contributed by atoms with Gasteiger partial charge in [0.05, 0.1) is 24.7 Å². The molecule has 3 aliphatic rings.